The van der Waals surface area contributed by atoms with Gasteiger partial charge in [-0.25, -0.2) is 4.90 Å². The SMILES string of the molecule is COc1ccc(OC)c(N2C(=O)c3ccc(C(=O)[O-])cc3C2=O)c1. The van der Waals surface area contributed by atoms with Crippen molar-refractivity contribution in [3.63, 3.8) is 0 Å². The van der Waals surface area contributed by atoms with Gasteiger partial charge in [-0.05, 0) is 29.8 Å². The monoisotopic (exact) mass is 326 g/mol. The molecule has 122 valence electrons. The maximum absolute atomic E-state index is 12.6. The standard InChI is InChI=1S/C17H13NO6/c1-23-10-4-6-14(24-2)13(8-10)18-15(19)11-5-3-9(17(21)22)7-12(11)16(18)20/h3-8H,1-2H3,(H,21,22)/p-1. The molecule has 0 aliphatic carbocycles. The lowest BCUT2D eigenvalue weighted by molar-refractivity contribution is -0.255. The number of amides is 2. The first kappa shape index (κ1) is 15.5. The van der Waals surface area contributed by atoms with Crippen LogP contribution in [0.4, 0.5) is 5.69 Å². The first-order valence-electron chi connectivity index (χ1n) is 6.94. The number of carboxylic acids is 1. The molecule has 0 N–H and O–H groups in total. The van der Waals surface area contributed by atoms with Crippen LogP contribution in [0.2, 0.25) is 0 Å². The van der Waals surface area contributed by atoms with Crippen molar-refractivity contribution in [3.8, 4) is 11.5 Å². The van der Waals surface area contributed by atoms with E-state index in [2.05, 4.69) is 0 Å². The Morgan fingerprint density at radius 2 is 1.67 bits per heavy atom. The molecule has 24 heavy (non-hydrogen) atoms. The van der Waals surface area contributed by atoms with Crippen molar-refractivity contribution >= 4 is 23.5 Å². The van der Waals surface area contributed by atoms with Gasteiger partial charge < -0.3 is 19.4 Å². The number of aromatic carboxylic acids is 1. The number of imide groups is 1. The van der Waals surface area contributed by atoms with E-state index in [1.54, 1.807) is 12.1 Å². The number of hydrogen-bond acceptors (Lipinski definition) is 6. The number of carboxylic acid groups (broad SMARTS) is 1. The van der Waals surface area contributed by atoms with Crippen molar-refractivity contribution in [1.29, 1.82) is 0 Å². The minimum absolute atomic E-state index is 0.00609. The Kier molecular flexibility index (Phi) is 3.69. The number of carbonyl (C=O) groups is 3. The summed E-state index contributed by atoms with van der Waals surface area (Å²) in [6.07, 6.45) is 0. The summed E-state index contributed by atoms with van der Waals surface area (Å²) in [6, 6.07) is 8.37. The molecule has 0 unspecified atom stereocenters. The Labute approximate surface area is 137 Å². The minimum Gasteiger partial charge on any atom is -0.545 e. The van der Waals surface area contributed by atoms with Gasteiger partial charge in [0, 0.05) is 6.07 Å². The summed E-state index contributed by atoms with van der Waals surface area (Å²) < 4.78 is 10.3. The highest BCUT2D eigenvalue weighted by Gasteiger charge is 2.38. The lowest BCUT2D eigenvalue weighted by Crippen LogP contribution is -2.29. The second-order valence-electron chi connectivity index (χ2n) is 5.03. The number of carbonyl (C=O) groups excluding carboxylic acids is 3. The van der Waals surface area contributed by atoms with Gasteiger partial charge in [0.25, 0.3) is 11.8 Å². The van der Waals surface area contributed by atoms with E-state index in [9.17, 15) is 19.5 Å². The molecule has 0 spiro atoms. The average Bonchev–Trinajstić information content (AvgIpc) is 2.84. The first-order valence-corrected chi connectivity index (χ1v) is 6.94. The molecule has 0 aromatic heterocycles. The van der Waals surface area contributed by atoms with Crippen molar-refractivity contribution in [2.45, 2.75) is 0 Å². The topological polar surface area (TPSA) is 96.0 Å². The van der Waals surface area contributed by atoms with Crippen LogP contribution in [0.25, 0.3) is 0 Å². The molecule has 1 heterocycles. The van der Waals surface area contributed by atoms with Crippen LogP contribution >= 0.6 is 0 Å². The second-order valence-corrected chi connectivity index (χ2v) is 5.03. The van der Waals surface area contributed by atoms with Crippen LogP contribution in [0.1, 0.15) is 31.1 Å². The summed E-state index contributed by atoms with van der Waals surface area (Å²) in [6.45, 7) is 0. The van der Waals surface area contributed by atoms with E-state index < -0.39 is 17.8 Å². The van der Waals surface area contributed by atoms with Gasteiger partial charge >= 0.3 is 0 Å². The van der Waals surface area contributed by atoms with E-state index in [0.29, 0.717) is 11.5 Å². The van der Waals surface area contributed by atoms with E-state index in [1.165, 1.54) is 32.4 Å². The number of anilines is 1. The van der Waals surface area contributed by atoms with Gasteiger partial charge in [0.1, 0.15) is 11.5 Å². The maximum atomic E-state index is 12.6. The molecule has 1 aliphatic rings. The van der Waals surface area contributed by atoms with Gasteiger partial charge in [0.05, 0.1) is 37.0 Å². The number of nitrogens with zero attached hydrogens (tertiary/aromatic N) is 1. The third-order valence-electron chi connectivity index (χ3n) is 3.75. The lowest BCUT2D eigenvalue weighted by atomic mass is 10.1. The van der Waals surface area contributed by atoms with Gasteiger partial charge in [-0.1, -0.05) is 6.07 Å². The molecule has 7 nitrogen and oxygen atoms in total. The van der Waals surface area contributed by atoms with Crippen molar-refractivity contribution in [1.82, 2.24) is 0 Å². The normalized spacial score (nSPS) is 13.0. The van der Waals surface area contributed by atoms with Crippen LogP contribution in [-0.2, 0) is 0 Å². The molecule has 7 heteroatoms. The van der Waals surface area contributed by atoms with Crippen molar-refractivity contribution in [3.05, 3.63) is 53.1 Å². The molecular weight excluding hydrogens is 314 g/mol. The minimum atomic E-state index is -1.42. The quantitative estimate of drug-likeness (QED) is 0.774. The Morgan fingerprint density at radius 3 is 2.29 bits per heavy atom. The fourth-order valence-electron chi connectivity index (χ4n) is 2.56. The predicted octanol–water partition coefficient (Wildman–Crippen LogP) is 0.868. The van der Waals surface area contributed by atoms with Crippen LogP contribution in [0.15, 0.2) is 36.4 Å². The lowest BCUT2D eigenvalue weighted by Gasteiger charge is -2.18. The molecule has 0 atom stereocenters. The molecular formula is C17H12NO6-. The summed E-state index contributed by atoms with van der Waals surface area (Å²) in [7, 11) is 2.87. The van der Waals surface area contributed by atoms with Gasteiger partial charge in [-0.3, -0.25) is 9.59 Å². The van der Waals surface area contributed by atoms with Crippen LogP contribution in [0.5, 0.6) is 11.5 Å². The summed E-state index contributed by atoms with van der Waals surface area (Å²) >= 11 is 0. The highest BCUT2D eigenvalue weighted by atomic mass is 16.5. The van der Waals surface area contributed by atoms with Gasteiger partial charge in [-0.15, -0.1) is 0 Å². The van der Waals surface area contributed by atoms with E-state index >= 15 is 0 Å². The largest absolute Gasteiger partial charge is 0.545 e. The van der Waals surface area contributed by atoms with Crippen molar-refractivity contribution in [2.24, 2.45) is 0 Å². The first-order chi connectivity index (χ1) is 11.5. The van der Waals surface area contributed by atoms with Crippen LogP contribution in [-0.4, -0.2) is 32.0 Å². The second kappa shape index (κ2) is 5.69. The van der Waals surface area contributed by atoms with Crippen molar-refractivity contribution in [2.75, 3.05) is 19.1 Å². The van der Waals surface area contributed by atoms with E-state index in [4.69, 9.17) is 9.47 Å². The molecule has 0 saturated carbocycles. The molecule has 1 aliphatic heterocycles. The highest BCUT2D eigenvalue weighted by Crippen LogP contribution is 2.37. The summed E-state index contributed by atoms with van der Waals surface area (Å²) in [5.74, 6) is -1.87. The third kappa shape index (κ3) is 2.26. The highest BCUT2D eigenvalue weighted by molar-refractivity contribution is 6.35. The summed E-state index contributed by atoms with van der Waals surface area (Å²) in [4.78, 5) is 37.2. The summed E-state index contributed by atoms with van der Waals surface area (Å²) in [5.41, 5.74) is 0.175. The molecule has 0 fully saturated rings. The molecule has 0 radical (unpaired) electrons. The van der Waals surface area contributed by atoms with Crippen LogP contribution in [0, 0.1) is 0 Å². The van der Waals surface area contributed by atoms with Crippen molar-refractivity contribution < 1.29 is 29.0 Å². The fraction of sp³-hybridized carbons (Fsp3) is 0.118. The van der Waals surface area contributed by atoms with Crippen LogP contribution in [0.3, 0.4) is 0 Å². The molecule has 0 bridgehead atoms. The number of hydrogen-bond donors (Lipinski definition) is 0. The number of methoxy groups -OCH3 is 2. The average molecular weight is 326 g/mol. The zero-order valence-electron chi connectivity index (χ0n) is 12.9. The third-order valence-corrected chi connectivity index (χ3v) is 3.75. The zero-order chi connectivity index (χ0) is 17.4. The van der Waals surface area contributed by atoms with Gasteiger partial charge in [0.2, 0.25) is 0 Å². The smallest absolute Gasteiger partial charge is 0.266 e. The zero-order valence-corrected chi connectivity index (χ0v) is 12.9. The number of fused-ring (bicyclic) bond motifs is 1. The Morgan fingerprint density at radius 1 is 0.958 bits per heavy atom. The van der Waals surface area contributed by atoms with E-state index in [0.717, 1.165) is 11.0 Å². The Hall–Kier alpha value is -3.35. The van der Waals surface area contributed by atoms with E-state index in [-0.39, 0.29) is 22.4 Å². The Bertz CT molecular complexity index is 873. The predicted molar refractivity (Wildman–Crippen MR) is 81.5 cm³/mol. The molecule has 2 amide bonds. The number of benzene rings is 2. The van der Waals surface area contributed by atoms with Crippen LogP contribution < -0.4 is 19.5 Å². The maximum Gasteiger partial charge on any atom is 0.266 e. The molecule has 3 rings (SSSR count). The Balaban J connectivity index is 2.13. The molecule has 2 aromatic rings. The van der Waals surface area contributed by atoms with Gasteiger partial charge in [0.15, 0.2) is 0 Å². The molecule has 0 saturated heterocycles. The fourth-order valence-corrected chi connectivity index (χ4v) is 2.56. The number of ether oxygens (including phenoxy) is 2. The summed E-state index contributed by atoms with van der Waals surface area (Å²) in [5, 5.41) is 11.0. The number of rotatable bonds is 4. The van der Waals surface area contributed by atoms with Gasteiger partial charge in [-0.2, -0.15) is 0 Å². The van der Waals surface area contributed by atoms with E-state index in [1.807, 2.05) is 0 Å². The molecule has 2 aromatic carbocycles.